The molecule has 8 nitrogen and oxygen atoms in total. The van der Waals surface area contributed by atoms with Gasteiger partial charge in [-0.05, 0) is 50.1 Å². The summed E-state index contributed by atoms with van der Waals surface area (Å²) in [6, 6.07) is 4.07. The van der Waals surface area contributed by atoms with Gasteiger partial charge in [-0.1, -0.05) is 24.3 Å². The quantitative estimate of drug-likeness (QED) is 0.304. The summed E-state index contributed by atoms with van der Waals surface area (Å²) in [7, 11) is 0. The number of likely N-dealkylation sites (tertiary alicyclic amines) is 1. The molecule has 0 bridgehead atoms. The van der Waals surface area contributed by atoms with Crippen LogP contribution in [0.25, 0.3) is 0 Å². The number of rotatable bonds is 12. The van der Waals surface area contributed by atoms with E-state index in [-0.39, 0.29) is 5.91 Å². The number of H-pyrrole nitrogens is 1. The summed E-state index contributed by atoms with van der Waals surface area (Å²) in [5.74, 6) is 1.50. The van der Waals surface area contributed by atoms with Gasteiger partial charge in [-0.25, -0.2) is 9.97 Å². The molecule has 1 aliphatic rings. The number of ether oxygens (including phenoxy) is 1. The molecule has 1 amide bonds. The van der Waals surface area contributed by atoms with Gasteiger partial charge in [-0.15, -0.1) is 5.10 Å². The van der Waals surface area contributed by atoms with Crippen LogP contribution in [0.3, 0.4) is 0 Å². The van der Waals surface area contributed by atoms with E-state index in [1.54, 1.807) is 12.5 Å². The molecule has 1 aliphatic heterocycles. The van der Waals surface area contributed by atoms with E-state index in [4.69, 9.17) is 4.74 Å². The highest BCUT2D eigenvalue weighted by molar-refractivity contribution is 7.99. The molecular formula is C21H30N6O2S. The lowest BCUT2D eigenvalue weighted by Gasteiger charge is -2.26. The first-order valence-corrected chi connectivity index (χ1v) is 11.5. The number of carbonyl (C=O) groups is 1. The van der Waals surface area contributed by atoms with Gasteiger partial charge in [-0.2, -0.15) is 0 Å². The number of nitrogens with one attached hydrogen (secondary N) is 2. The number of aromatic nitrogens is 4. The molecule has 0 saturated carbocycles. The van der Waals surface area contributed by atoms with Gasteiger partial charge in [-0.3, -0.25) is 14.8 Å². The third-order valence-corrected chi connectivity index (χ3v) is 5.69. The molecule has 0 spiro atoms. The third kappa shape index (κ3) is 8.54. The fourth-order valence-electron chi connectivity index (χ4n) is 3.21. The van der Waals surface area contributed by atoms with Crippen molar-refractivity contribution in [1.82, 2.24) is 30.4 Å². The number of thioether (sulfide) groups is 1. The van der Waals surface area contributed by atoms with Crippen molar-refractivity contribution >= 4 is 17.7 Å². The van der Waals surface area contributed by atoms with Crippen molar-refractivity contribution in [2.75, 3.05) is 32.0 Å². The van der Waals surface area contributed by atoms with Crippen molar-refractivity contribution in [3.05, 3.63) is 42.4 Å². The lowest BCUT2D eigenvalue weighted by Crippen LogP contribution is -2.29. The summed E-state index contributed by atoms with van der Waals surface area (Å²) in [6.45, 7) is 4.24. The second-order valence-electron chi connectivity index (χ2n) is 7.16. The molecule has 9 heteroatoms. The molecule has 0 unspecified atom stereocenters. The van der Waals surface area contributed by atoms with E-state index in [0.717, 1.165) is 18.7 Å². The first-order valence-electron chi connectivity index (χ1n) is 10.5. The zero-order valence-corrected chi connectivity index (χ0v) is 18.1. The van der Waals surface area contributed by atoms with Crippen LogP contribution in [0.1, 0.15) is 37.7 Å². The number of hydrogen-bond donors (Lipinski definition) is 2. The van der Waals surface area contributed by atoms with Crippen molar-refractivity contribution < 1.29 is 9.53 Å². The summed E-state index contributed by atoms with van der Waals surface area (Å²) in [6.07, 6.45) is 12.4. The summed E-state index contributed by atoms with van der Waals surface area (Å²) < 4.78 is 5.71. The summed E-state index contributed by atoms with van der Waals surface area (Å²) in [4.78, 5) is 22.6. The van der Waals surface area contributed by atoms with Crippen molar-refractivity contribution in [3.63, 3.8) is 0 Å². The van der Waals surface area contributed by atoms with Crippen molar-refractivity contribution in [2.45, 2.75) is 43.8 Å². The van der Waals surface area contributed by atoms with Crippen molar-refractivity contribution in [2.24, 2.45) is 0 Å². The van der Waals surface area contributed by atoms with Crippen LogP contribution in [-0.2, 0) is 11.3 Å². The Kier molecular flexibility index (Phi) is 9.68. The minimum Gasteiger partial charge on any atom is -0.473 e. The molecule has 0 atom stereocenters. The third-order valence-electron chi connectivity index (χ3n) is 4.74. The SMILES string of the molecule is O=C(CCCSc1nc[nH]n1)NC/C=C\COc1cc(CN2CCCCC2)ccn1. The second-order valence-corrected chi connectivity index (χ2v) is 8.22. The highest BCUT2D eigenvalue weighted by Crippen LogP contribution is 2.15. The maximum Gasteiger partial charge on any atom is 0.220 e. The minimum atomic E-state index is 0.0447. The molecule has 0 aliphatic carbocycles. The van der Waals surface area contributed by atoms with Crippen LogP contribution in [0.5, 0.6) is 5.88 Å². The molecule has 162 valence electrons. The molecule has 30 heavy (non-hydrogen) atoms. The van der Waals surface area contributed by atoms with Crippen molar-refractivity contribution in [1.29, 1.82) is 0 Å². The molecule has 1 saturated heterocycles. The monoisotopic (exact) mass is 430 g/mol. The van der Waals surface area contributed by atoms with Crippen LogP contribution in [0.4, 0.5) is 0 Å². The van der Waals surface area contributed by atoms with E-state index in [2.05, 4.69) is 36.4 Å². The summed E-state index contributed by atoms with van der Waals surface area (Å²) in [5, 5.41) is 10.2. The topological polar surface area (TPSA) is 96.0 Å². The Balaban J connectivity index is 1.25. The molecule has 2 N–H and O–H groups in total. The number of piperidine rings is 1. The second kappa shape index (κ2) is 13.0. The molecule has 0 radical (unpaired) electrons. The van der Waals surface area contributed by atoms with E-state index in [1.807, 2.05) is 18.2 Å². The number of pyridine rings is 1. The summed E-state index contributed by atoms with van der Waals surface area (Å²) in [5.41, 5.74) is 1.24. The Bertz CT molecular complexity index is 778. The normalized spacial score (nSPS) is 14.8. The largest absolute Gasteiger partial charge is 0.473 e. The minimum absolute atomic E-state index is 0.0447. The average Bonchev–Trinajstić information content (AvgIpc) is 3.28. The zero-order valence-electron chi connectivity index (χ0n) is 17.3. The van der Waals surface area contributed by atoms with Crippen LogP contribution in [-0.4, -0.2) is 63.0 Å². The summed E-state index contributed by atoms with van der Waals surface area (Å²) >= 11 is 1.54. The van der Waals surface area contributed by atoms with E-state index in [0.29, 0.717) is 30.6 Å². The lowest BCUT2D eigenvalue weighted by atomic mass is 10.1. The molecule has 0 aromatic carbocycles. The van der Waals surface area contributed by atoms with Gasteiger partial charge in [0.15, 0.2) is 0 Å². The van der Waals surface area contributed by atoms with Crippen molar-refractivity contribution in [3.8, 4) is 5.88 Å². The fourth-order valence-corrected chi connectivity index (χ4v) is 3.93. The van der Waals surface area contributed by atoms with Crippen LogP contribution in [0, 0.1) is 0 Å². The molecule has 1 fully saturated rings. The smallest absolute Gasteiger partial charge is 0.220 e. The number of nitrogens with zero attached hydrogens (tertiary/aromatic N) is 4. The van der Waals surface area contributed by atoms with Crippen LogP contribution < -0.4 is 10.1 Å². The van der Waals surface area contributed by atoms with Gasteiger partial charge in [0.05, 0.1) is 0 Å². The number of amides is 1. The van der Waals surface area contributed by atoms with E-state index in [9.17, 15) is 4.79 Å². The number of carbonyl (C=O) groups excluding carboxylic acids is 1. The van der Waals surface area contributed by atoms with Crippen LogP contribution >= 0.6 is 11.8 Å². The van der Waals surface area contributed by atoms with E-state index >= 15 is 0 Å². The number of hydrogen-bond acceptors (Lipinski definition) is 7. The average molecular weight is 431 g/mol. The maximum atomic E-state index is 11.8. The fraction of sp³-hybridized carbons (Fsp3) is 0.524. The first kappa shape index (κ1) is 22.3. The van der Waals surface area contributed by atoms with E-state index < -0.39 is 0 Å². The van der Waals surface area contributed by atoms with Gasteiger partial charge in [0, 0.05) is 37.5 Å². The molecular weight excluding hydrogens is 400 g/mol. The Morgan fingerprint density at radius 2 is 2.17 bits per heavy atom. The van der Waals surface area contributed by atoms with Gasteiger partial charge in [0.1, 0.15) is 12.9 Å². The molecule has 2 aromatic rings. The Hall–Kier alpha value is -2.39. The zero-order chi connectivity index (χ0) is 20.9. The molecule has 3 rings (SSSR count). The Labute approximate surface area is 181 Å². The van der Waals surface area contributed by atoms with Gasteiger partial charge in [0.2, 0.25) is 16.9 Å². The Morgan fingerprint density at radius 1 is 1.27 bits per heavy atom. The van der Waals surface area contributed by atoms with Gasteiger partial charge in [0.25, 0.3) is 0 Å². The van der Waals surface area contributed by atoms with Gasteiger partial charge < -0.3 is 10.1 Å². The first-order chi connectivity index (χ1) is 14.8. The standard InChI is InChI=1S/C21H30N6O2S/c28-19(7-6-14-30-21-24-17-25-26-21)22-9-2-5-13-29-20-15-18(8-10-23-20)16-27-11-3-1-4-12-27/h2,5,8,10,15,17H,1,3-4,6-7,9,11-14,16H2,(H,22,28)(H,24,25,26)/b5-2-. The molecule has 3 heterocycles. The van der Waals surface area contributed by atoms with E-state index in [1.165, 1.54) is 49.7 Å². The van der Waals surface area contributed by atoms with Crippen LogP contribution in [0.15, 0.2) is 42.0 Å². The predicted molar refractivity (Wildman–Crippen MR) is 117 cm³/mol. The molecule has 2 aromatic heterocycles. The predicted octanol–water partition coefficient (Wildman–Crippen LogP) is 2.81. The lowest BCUT2D eigenvalue weighted by molar-refractivity contribution is -0.120. The Morgan fingerprint density at radius 3 is 3.00 bits per heavy atom. The van der Waals surface area contributed by atoms with Gasteiger partial charge >= 0.3 is 0 Å². The maximum absolute atomic E-state index is 11.8. The van der Waals surface area contributed by atoms with Crippen LogP contribution in [0.2, 0.25) is 0 Å². The number of aromatic amines is 1. The highest BCUT2D eigenvalue weighted by Gasteiger charge is 2.10. The highest BCUT2D eigenvalue weighted by atomic mass is 32.2.